The molecule has 1 N–H and O–H groups in total. The fourth-order valence-corrected chi connectivity index (χ4v) is 2.11. The van der Waals surface area contributed by atoms with E-state index in [4.69, 9.17) is 9.15 Å². The molecule has 0 saturated carbocycles. The van der Waals surface area contributed by atoms with Gasteiger partial charge in [-0.05, 0) is 42.8 Å². The van der Waals surface area contributed by atoms with Crippen LogP contribution in [0.5, 0.6) is 5.75 Å². The zero-order valence-corrected chi connectivity index (χ0v) is 10.7. The Morgan fingerprint density at radius 2 is 1.89 bits per heavy atom. The average molecular weight is 255 g/mol. The Hall–Kier alpha value is -2.49. The third-order valence-corrected chi connectivity index (χ3v) is 3.07. The summed E-state index contributed by atoms with van der Waals surface area (Å²) in [4.78, 5) is 15.0. The van der Waals surface area contributed by atoms with Crippen molar-refractivity contribution in [2.24, 2.45) is 0 Å². The number of rotatable bonds is 2. The van der Waals surface area contributed by atoms with Gasteiger partial charge in [0.05, 0.1) is 18.0 Å². The number of fused-ring (bicyclic) bond motifs is 1. The molecular weight excluding hydrogens is 242 g/mol. The first-order valence-corrected chi connectivity index (χ1v) is 5.95. The molecule has 19 heavy (non-hydrogen) atoms. The minimum absolute atomic E-state index is 0.314. The Morgan fingerprint density at radius 1 is 1.16 bits per heavy atom. The largest absolute Gasteiger partial charge is 0.497 e. The summed E-state index contributed by atoms with van der Waals surface area (Å²) in [6.07, 6.45) is 0. The number of aryl methyl sites for hydroxylation is 1. The lowest BCUT2D eigenvalue weighted by Crippen LogP contribution is -1.97. The number of hydrogen-bond acceptors (Lipinski definition) is 3. The number of methoxy groups -OCH3 is 1. The maximum atomic E-state index is 11.7. The zero-order chi connectivity index (χ0) is 13.4. The van der Waals surface area contributed by atoms with E-state index in [1.165, 1.54) is 0 Å². The lowest BCUT2D eigenvalue weighted by atomic mass is 10.1. The SMILES string of the molecule is COc1ccc(-c2cc3c(=O)oc(C)cc3[nH]2)cc1. The third-order valence-electron chi connectivity index (χ3n) is 3.07. The highest BCUT2D eigenvalue weighted by Gasteiger charge is 2.08. The van der Waals surface area contributed by atoms with E-state index >= 15 is 0 Å². The smallest absolute Gasteiger partial charge is 0.345 e. The molecule has 2 heterocycles. The normalized spacial score (nSPS) is 10.8. The predicted octanol–water partition coefficient (Wildman–Crippen LogP) is 3.11. The summed E-state index contributed by atoms with van der Waals surface area (Å²) in [5, 5.41) is 0.566. The molecule has 0 aliphatic heterocycles. The molecule has 3 aromatic rings. The van der Waals surface area contributed by atoms with E-state index in [9.17, 15) is 4.79 Å². The van der Waals surface area contributed by atoms with Gasteiger partial charge in [0, 0.05) is 11.8 Å². The minimum atomic E-state index is -0.314. The van der Waals surface area contributed by atoms with Crippen LogP contribution >= 0.6 is 0 Å². The van der Waals surface area contributed by atoms with Crippen LogP contribution in [0.25, 0.3) is 22.2 Å². The van der Waals surface area contributed by atoms with Gasteiger partial charge in [-0.2, -0.15) is 0 Å². The molecule has 0 aliphatic carbocycles. The van der Waals surface area contributed by atoms with Crippen molar-refractivity contribution in [1.29, 1.82) is 0 Å². The van der Waals surface area contributed by atoms with Crippen LogP contribution in [0.1, 0.15) is 5.76 Å². The van der Waals surface area contributed by atoms with E-state index < -0.39 is 0 Å². The maximum Gasteiger partial charge on any atom is 0.345 e. The van der Waals surface area contributed by atoms with E-state index in [1.807, 2.05) is 36.4 Å². The van der Waals surface area contributed by atoms with Crippen molar-refractivity contribution < 1.29 is 9.15 Å². The van der Waals surface area contributed by atoms with Crippen LogP contribution in [0, 0.1) is 6.92 Å². The van der Waals surface area contributed by atoms with Gasteiger partial charge in [-0.3, -0.25) is 0 Å². The summed E-state index contributed by atoms with van der Waals surface area (Å²) in [5.41, 5.74) is 2.36. The first-order chi connectivity index (χ1) is 9.17. The third kappa shape index (κ3) is 2.01. The van der Waals surface area contributed by atoms with Gasteiger partial charge in [0.15, 0.2) is 0 Å². The molecule has 0 unspecified atom stereocenters. The molecule has 96 valence electrons. The predicted molar refractivity (Wildman–Crippen MR) is 73.6 cm³/mol. The summed E-state index contributed by atoms with van der Waals surface area (Å²) in [6, 6.07) is 11.3. The first-order valence-electron chi connectivity index (χ1n) is 5.95. The summed E-state index contributed by atoms with van der Waals surface area (Å²) in [6.45, 7) is 1.76. The molecular formula is C15H13NO3. The summed E-state index contributed by atoms with van der Waals surface area (Å²) < 4.78 is 10.2. The van der Waals surface area contributed by atoms with Crippen LogP contribution in [0.4, 0.5) is 0 Å². The van der Waals surface area contributed by atoms with Gasteiger partial charge in [-0.25, -0.2) is 4.79 Å². The Balaban J connectivity index is 2.14. The fraction of sp³-hybridized carbons (Fsp3) is 0.133. The Morgan fingerprint density at radius 3 is 2.58 bits per heavy atom. The van der Waals surface area contributed by atoms with Crippen LogP contribution in [0.2, 0.25) is 0 Å². The van der Waals surface area contributed by atoms with Crippen molar-refractivity contribution in [3.63, 3.8) is 0 Å². The molecule has 0 atom stereocenters. The first kappa shape index (κ1) is 11.6. The minimum Gasteiger partial charge on any atom is -0.497 e. The highest BCUT2D eigenvalue weighted by molar-refractivity contribution is 5.84. The lowest BCUT2D eigenvalue weighted by Gasteiger charge is -2.01. The number of benzene rings is 1. The average Bonchev–Trinajstić information content (AvgIpc) is 2.83. The van der Waals surface area contributed by atoms with Crippen LogP contribution in [-0.2, 0) is 0 Å². The molecule has 0 fully saturated rings. The van der Waals surface area contributed by atoms with E-state index in [1.54, 1.807) is 14.0 Å². The number of ether oxygens (including phenoxy) is 1. The highest BCUT2D eigenvalue weighted by atomic mass is 16.5. The van der Waals surface area contributed by atoms with Crippen LogP contribution in [0.15, 0.2) is 45.6 Å². The van der Waals surface area contributed by atoms with Crippen molar-refractivity contribution in [2.45, 2.75) is 6.92 Å². The number of hydrogen-bond donors (Lipinski definition) is 1. The Kier molecular flexibility index (Phi) is 2.63. The molecule has 0 saturated heterocycles. The molecule has 0 aliphatic rings. The molecule has 0 amide bonds. The van der Waals surface area contributed by atoms with Crippen molar-refractivity contribution in [2.75, 3.05) is 7.11 Å². The second-order valence-electron chi connectivity index (χ2n) is 4.38. The van der Waals surface area contributed by atoms with E-state index in [2.05, 4.69) is 4.98 Å². The molecule has 2 aromatic heterocycles. The molecule has 4 nitrogen and oxygen atoms in total. The fourth-order valence-electron chi connectivity index (χ4n) is 2.11. The molecule has 1 aromatic carbocycles. The Labute approximate surface area is 109 Å². The van der Waals surface area contributed by atoms with Crippen LogP contribution in [0.3, 0.4) is 0 Å². The monoisotopic (exact) mass is 255 g/mol. The molecule has 0 radical (unpaired) electrons. The highest BCUT2D eigenvalue weighted by Crippen LogP contribution is 2.24. The van der Waals surface area contributed by atoms with E-state index in [0.29, 0.717) is 11.1 Å². The summed E-state index contributed by atoms with van der Waals surface area (Å²) in [7, 11) is 1.63. The van der Waals surface area contributed by atoms with Crippen LogP contribution in [-0.4, -0.2) is 12.1 Å². The quantitative estimate of drug-likeness (QED) is 0.765. The van der Waals surface area contributed by atoms with Crippen molar-refractivity contribution >= 4 is 10.9 Å². The van der Waals surface area contributed by atoms with Gasteiger partial charge in [-0.1, -0.05) is 0 Å². The standard InChI is InChI=1S/C15H13NO3/c1-9-7-14-12(15(17)19-9)8-13(16-14)10-3-5-11(18-2)6-4-10/h3-8,16H,1-2H3. The lowest BCUT2D eigenvalue weighted by molar-refractivity contribution is 0.415. The second kappa shape index (κ2) is 4.31. The topological polar surface area (TPSA) is 55.2 Å². The van der Waals surface area contributed by atoms with E-state index in [-0.39, 0.29) is 5.63 Å². The van der Waals surface area contributed by atoms with E-state index in [0.717, 1.165) is 22.5 Å². The van der Waals surface area contributed by atoms with Gasteiger partial charge in [-0.15, -0.1) is 0 Å². The molecule has 0 bridgehead atoms. The van der Waals surface area contributed by atoms with Crippen molar-refractivity contribution in [3.8, 4) is 17.0 Å². The molecule has 3 rings (SSSR count). The number of H-pyrrole nitrogens is 1. The Bertz CT molecular complexity index is 781. The van der Waals surface area contributed by atoms with Gasteiger partial charge in [0.2, 0.25) is 0 Å². The molecule has 4 heteroatoms. The van der Waals surface area contributed by atoms with Gasteiger partial charge in [0.1, 0.15) is 11.5 Å². The maximum absolute atomic E-state index is 11.7. The van der Waals surface area contributed by atoms with Crippen molar-refractivity contribution in [3.05, 3.63) is 52.6 Å². The number of aromatic amines is 1. The summed E-state index contributed by atoms with van der Waals surface area (Å²) in [5.74, 6) is 1.40. The second-order valence-corrected chi connectivity index (χ2v) is 4.38. The molecule has 0 spiro atoms. The summed E-state index contributed by atoms with van der Waals surface area (Å²) >= 11 is 0. The van der Waals surface area contributed by atoms with Gasteiger partial charge < -0.3 is 14.1 Å². The van der Waals surface area contributed by atoms with Crippen molar-refractivity contribution in [1.82, 2.24) is 4.98 Å². The van der Waals surface area contributed by atoms with Gasteiger partial charge >= 0.3 is 5.63 Å². The number of nitrogens with one attached hydrogen (secondary N) is 1. The van der Waals surface area contributed by atoms with Gasteiger partial charge in [0.25, 0.3) is 0 Å². The zero-order valence-electron chi connectivity index (χ0n) is 10.7. The number of aromatic nitrogens is 1. The van der Waals surface area contributed by atoms with Crippen LogP contribution < -0.4 is 10.4 Å².